The molecule has 0 radical (unpaired) electrons. The lowest BCUT2D eigenvalue weighted by Crippen LogP contribution is -2.25. The highest BCUT2D eigenvalue weighted by Crippen LogP contribution is 2.14. The highest BCUT2D eigenvalue weighted by Gasteiger charge is 2.06. The highest BCUT2D eigenvalue weighted by atomic mass is 16.5. The molecular formula is C17H20N2O2. The quantitative estimate of drug-likeness (QED) is 0.829. The number of rotatable bonds is 5. The van der Waals surface area contributed by atoms with Crippen molar-refractivity contribution in [1.29, 1.82) is 0 Å². The van der Waals surface area contributed by atoms with E-state index in [4.69, 9.17) is 10.5 Å². The summed E-state index contributed by atoms with van der Waals surface area (Å²) < 4.78 is 5.17. The molecule has 1 amide bonds. The van der Waals surface area contributed by atoms with Crippen LogP contribution < -0.4 is 15.8 Å². The topological polar surface area (TPSA) is 64.3 Å². The predicted octanol–water partition coefficient (Wildman–Crippen LogP) is 2.56. The minimum atomic E-state index is -0.107. The molecule has 0 unspecified atom stereocenters. The summed E-state index contributed by atoms with van der Waals surface area (Å²) in [5.74, 6) is 0.717. The predicted molar refractivity (Wildman–Crippen MR) is 84.6 cm³/mol. The first-order valence-electron chi connectivity index (χ1n) is 6.87. The fraction of sp³-hybridized carbons (Fsp3) is 0.235. The van der Waals surface area contributed by atoms with Crippen LogP contribution in [0, 0.1) is 6.92 Å². The van der Waals surface area contributed by atoms with Gasteiger partial charge in [-0.1, -0.05) is 18.2 Å². The van der Waals surface area contributed by atoms with Crippen LogP contribution in [0.25, 0.3) is 0 Å². The molecule has 0 aliphatic rings. The van der Waals surface area contributed by atoms with Gasteiger partial charge < -0.3 is 15.8 Å². The zero-order valence-electron chi connectivity index (χ0n) is 12.3. The van der Waals surface area contributed by atoms with Crippen molar-refractivity contribution in [2.45, 2.75) is 13.3 Å². The van der Waals surface area contributed by atoms with Crippen LogP contribution >= 0.6 is 0 Å². The molecule has 0 spiro atoms. The largest absolute Gasteiger partial charge is 0.497 e. The molecule has 0 saturated heterocycles. The number of carbonyl (C=O) groups excluding carboxylic acids is 1. The van der Waals surface area contributed by atoms with Gasteiger partial charge in [0.25, 0.3) is 5.91 Å². The molecule has 21 heavy (non-hydrogen) atoms. The Balaban J connectivity index is 1.90. The van der Waals surface area contributed by atoms with Crippen molar-refractivity contribution >= 4 is 11.6 Å². The van der Waals surface area contributed by atoms with Crippen molar-refractivity contribution in [2.24, 2.45) is 0 Å². The Morgan fingerprint density at radius 2 is 2.05 bits per heavy atom. The zero-order valence-corrected chi connectivity index (χ0v) is 12.3. The van der Waals surface area contributed by atoms with Gasteiger partial charge in [0.1, 0.15) is 5.75 Å². The van der Waals surface area contributed by atoms with E-state index in [-0.39, 0.29) is 5.91 Å². The minimum Gasteiger partial charge on any atom is -0.497 e. The van der Waals surface area contributed by atoms with Crippen LogP contribution in [-0.2, 0) is 6.42 Å². The molecule has 3 N–H and O–H groups in total. The number of amides is 1. The lowest BCUT2D eigenvalue weighted by atomic mass is 10.1. The lowest BCUT2D eigenvalue weighted by molar-refractivity contribution is 0.0954. The number of nitrogens with two attached hydrogens (primary N) is 1. The maximum atomic E-state index is 12.0. The molecule has 0 aromatic heterocycles. The van der Waals surface area contributed by atoms with Crippen LogP contribution in [0.4, 0.5) is 5.69 Å². The van der Waals surface area contributed by atoms with Crippen LogP contribution in [-0.4, -0.2) is 19.6 Å². The number of carbonyl (C=O) groups is 1. The summed E-state index contributed by atoms with van der Waals surface area (Å²) in [7, 11) is 1.64. The Morgan fingerprint density at radius 1 is 1.24 bits per heavy atom. The SMILES string of the molecule is COc1cccc(CCNC(=O)c2ccc(C)c(N)c2)c1. The summed E-state index contributed by atoms with van der Waals surface area (Å²) in [6.07, 6.45) is 0.754. The second-order valence-electron chi connectivity index (χ2n) is 4.93. The van der Waals surface area contributed by atoms with Crippen molar-refractivity contribution in [2.75, 3.05) is 19.4 Å². The van der Waals surface area contributed by atoms with E-state index in [1.54, 1.807) is 19.2 Å². The first-order valence-corrected chi connectivity index (χ1v) is 6.87. The van der Waals surface area contributed by atoms with Crippen molar-refractivity contribution < 1.29 is 9.53 Å². The first kappa shape index (κ1) is 14.9. The van der Waals surface area contributed by atoms with Crippen LogP contribution in [0.15, 0.2) is 42.5 Å². The molecule has 0 bridgehead atoms. The standard InChI is InChI=1S/C17H20N2O2/c1-12-6-7-14(11-16(12)18)17(20)19-9-8-13-4-3-5-15(10-13)21-2/h3-7,10-11H,8-9,18H2,1-2H3,(H,19,20). The van der Waals surface area contributed by atoms with Gasteiger partial charge in [-0.2, -0.15) is 0 Å². The Morgan fingerprint density at radius 3 is 2.76 bits per heavy atom. The molecular weight excluding hydrogens is 264 g/mol. The van der Waals surface area contributed by atoms with Gasteiger partial charge >= 0.3 is 0 Å². The van der Waals surface area contributed by atoms with Crippen LogP contribution in [0.2, 0.25) is 0 Å². The summed E-state index contributed by atoms with van der Waals surface area (Å²) in [5, 5.41) is 2.90. The molecule has 0 aliphatic heterocycles. The average Bonchev–Trinajstić information content (AvgIpc) is 2.50. The van der Waals surface area contributed by atoms with Crippen molar-refractivity contribution in [1.82, 2.24) is 5.32 Å². The molecule has 2 rings (SSSR count). The molecule has 0 saturated carbocycles. The van der Waals surface area contributed by atoms with Gasteiger partial charge in [-0.3, -0.25) is 4.79 Å². The summed E-state index contributed by atoms with van der Waals surface area (Å²) in [4.78, 5) is 12.0. The summed E-state index contributed by atoms with van der Waals surface area (Å²) in [5.41, 5.74) is 9.14. The van der Waals surface area contributed by atoms with Gasteiger partial charge in [0, 0.05) is 17.8 Å². The van der Waals surface area contributed by atoms with Gasteiger partial charge in [0.15, 0.2) is 0 Å². The van der Waals surface area contributed by atoms with Crippen LogP contribution in [0.3, 0.4) is 0 Å². The Labute approximate surface area is 124 Å². The maximum Gasteiger partial charge on any atom is 0.251 e. The average molecular weight is 284 g/mol. The van der Waals surface area contributed by atoms with E-state index in [1.807, 2.05) is 37.3 Å². The van der Waals surface area contributed by atoms with Crippen molar-refractivity contribution in [3.05, 3.63) is 59.2 Å². The van der Waals surface area contributed by atoms with E-state index in [2.05, 4.69) is 5.32 Å². The summed E-state index contributed by atoms with van der Waals surface area (Å²) in [6, 6.07) is 13.2. The summed E-state index contributed by atoms with van der Waals surface area (Å²) >= 11 is 0. The molecule has 110 valence electrons. The third-order valence-corrected chi connectivity index (χ3v) is 3.37. The van der Waals surface area contributed by atoms with Gasteiger partial charge in [-0.25, -0.2) is 0 Å². The van der Waals surface area contributed by atoms with Gasteiger partial charge in [0.2, 0.25) is 0 Å². The molecule has 0 aliphatic carbocycles. The molecule has 2 aromatic rings. The third-order valence-electron chi connectivity index (χ3n) is 3.37. The number of anilines is 1. The number of hydrogen-bond donors (Lipinski definition) is 2. The number of aryl methyl sites for hydroxylation is 1. The van der Waals surface area contributed by atoms with E-state index in [1.165, 1.54) is 0 Å². The van der Waals surface area contributed by atoms with Gasteiger partial charge in [-0.05, 0) is 48.7 Å². The highest BCUT2D eigenvalue weighted by molar-refractivity contribution is 5.95. The maximum absolute atomic E-state index is 12.0. The van der Waals surface area contributed by atoms with E-state index >= 15 is 0 Å². The third kappa shape index (κ3) is 3.99. The second-order valence-corrected chi connectivity index (χ2v) is 4.93. The number of methoxy groups -OCH3 is 1. The molecule has 4 heteroatoms. The molecule has 2 aromatic carbocycles. The Bertz CT molecular complexity index is 638. The fourth-order valence-corrected chi connectivity index (χ4v) is 2.03. The van der Waals surface area contributed by atoms with E-state index in [9.17, 15) is 4.79 Å². The summed E-state index contributed by atoms with van der Waals surface area (Å²) in [6.45, 7) is 2.49. The van der Waals surface area contributed by atoms with E-state index in [0.29, 0.717) is 17.8 Å². The number of nitrogens with one attached hydrogen (secondary N) is 1. The first-order chi connectivity index (χ1) is 10.1. The van der Waals surface area contributed by atoms with E-state index < -0.39 is 0 Å². The van der Waals surface area contributed by atoms with Crippen molar-refractivity contribution in [3.63, 3.8) is 0 Å². The van der Waals surface area contributed by atoms with Crippen molar-refractivity contribution in [3.8, 4) is 5.75 Å². The van der Waals surface area contributed by atoms with Crippen LogP contribution in [0.5, 0.6) is 5.75 Å². The Kier molecular flexibility index (Phi) is 4.82. The monoisotopic (exact) mass is 284 g/mol. The number of nitrogen functional groups attached to an aromatic ring is 1. The van der Waals surface area contributed by atoms with E-state index in [0.717, 1.165) is 23.3 Å². The molecule has 0 fully saturated rings. The lowest BCUT2D eigenvalue weighted by Gasteiger charge is -2.08. The zero-order chi connectivity index (χ0) is 15.2. The van der Waals surface area contributed by atoms with Gasteiger partial charge in [0.05, 0.1) is 7.11 Å². The molecule has 0 heterocycles. The second kappa shape index (κ2) is 6.79. The van der Waals surface area contributed by atoms with Gasteiger partial charge in [-0.15, -0.1) is 0 Å². The normalized spacial score (nSPS) is 10.2. The molecule has 4 nitrogen and oxygen atoms in total. The molecule has 0 atom stereocenters. The Hall–Kier alpha value is -2.49. The van der Waals surface area contributed by atoms with Crippen LogP contribution in [0.1, 0.15) is 21.5 Å². The number of hydrogen-bond acceptors (Lipinski definition) is 3. The fourth-order valence-electron chi connectivity index (χ4n) is 2.03. The smallest absolute Gasteiger partial charge is 0.251 e. The number of benzene rings is 2. The minimum absolute atomic E-state index is 0.107. The number of ether oxygens (including phenoxy) is 1.